The smallest absolute Gasteiger partial charge is 0.257 e. The van der Waals surface area contributed by atoms with Crippen LogP contribution in [0.5, 0.6) is 0 Å². The van der Waals surface area contributed by atoms with Crippen LogP contribution in [0.3, 0.4) is 0 Å². The molecule has 2 rings (SSSR count). The number of nitrogens with one attached hydrogen (secondary N) is 1. The van der Waals surface area contributed by atoms with Crippen LogP contribution in [0.15, 0.2) is 36.7 Å². The summed E-state index contributed by atoms with van der Waals surface area (Å²) in [6, 6.07) is 5.39. The molecule has 118 valence electrons. The first-order valence-electron chi connectivity index (χ1n) is 6.72. The average molecular weight is 327 g/mol. The number of halogens is 3. The van der Waals surface area contributed by atoms with Gasteiger partial charge in [-0.05, 0) is 17.7 Å². The Bertz CT molecular complexity index is 605. The Morgan fingerprint density at radius 1 is 1.23 bits per heavy atom. The van der Waals surface area contributed by atoms with Gasteiger partial charge in [-0.1, -0.05) is 23.7 Å². The van der Waals surface area contributed by atoms with Crippen LogP contribution in [0, 0.1) is 0 Å². The summed E-state index contributed by atoms with van der Waals surface area (Å²) in [4.78, 5) is 10.1. The fraction of sp³-hybridized carbons (Fsp3) is 0.333. The fourth-order valence-corrected chi connectivity index (χ4v) is 2.15. The van der Waals surface area contributed by atoms with Crippen molar-refractivity contribution in [3.63, 3.8) is 0 Å². The number of rotatable bonds is 6. The number of anilines is 1. The standard InChI is InChI=1S/C15H17ClF2N4/c1-22(2)15-20-8-10(9-21-15)7-19-13(14(17)18)11-4-3-5-12(16)6-11/h3-6,8-9,13-14,19H,7H2,1-2H3. The molecule has 1 aromatic carbocycles. The van der Waals surface area contributed by atoms with Gasteiger partial charge in [0.25, 0.3) is 6.43 Å². The molecule has 0 spiro atoms. The van der Waals surface area contributed by atoms with Gasteiger partial charge in [0.05, 0.1) is 6.04 Å². The van der Waals surface area contributed by atoms with Gasteiger partial charge in [0.15, 0.2) is 0 Å². The molecule has 0 radical (unpaired) electrons. The molecule has 1 unspecified atom stereocenters. The normalized spacial score (nSPS) is 12.5. The van der Waals surface area contributed by atoms with Crippen molar-refractivity contribution >= 4 is 17.5 Å². The molecular weight excluding hydrogens is 310 g/mol. The lowest BCUT2D eigenvalue weighted by molar-refractivity contribution is 0.0974. The van der Waals surface area contributed by atoms with Crippen LogP contribution in [-0.4, -0.2) is 30.5 Å². The second-order valence-corrected chi connectivity index (χ2v) is 5.47. The first-order chi connectivity index (χ1) is 10.5. The lowest BCUT2D eigenvalue weighted by Gasteiger charge is -2.18. The highest BCUT2D eigenvalue weighted by molar-refractivity contribution is 6.30. The van der Waals surface area contributed by atoms with E-state index in [-0.39, 0.29) is 6.54 Å². The molecule has 0 amide bonds. The van der Waals surface area contributed by atoms with Crippen molar-refractivity contribution in [1.29, 1.82) is 0 Å². The number of aromatic nitrogens is 2. The Balaban J connectivity index is 2.06. The maximum Gasteiger partial charge on any atom is 0.257 e. The highest BCUT2D eigenvalue weighted by Crippen LogP contribution is 2.23. The second kappa shape index (κ2) is 7.47. The predicted octanol–water partition coefficient (Wildman–Crippen LogP) is 3.29. The zero-order valence-electron chi connectivity index (χ0n) is 12.3. The monoisotopic (exact) mass is 326 g/mol. The molecule has 1 N–H and O–H groups in total. The van der Waals surface area contributed by atoms with Crippen molar-refractivity contribution in [2.45, 2.75) is 19.0 Å². The Morgan fingerprint density at radius 3 is 2.45 bits per heavy atom. The van der Waals surface area contributed by atoms with E-state index >= 15 is 0 Å². The van der Waals surface area contributed by atoms with Crippen LogP contribution in [-0.2, 0) is 6.54 Å². The molecule has 0 saturated carbocycles. The summed E-state index contributed by atoms with van der Waals surface area (Å²) < 4.78 is 26.5. The minimum absolute atomic E-state index is 0.245. The molecule has 1 heterocycles. The Hall–Kier alpha value is -1.79. The van der Waals surface area contributed by atoms with Gasteiger partial charge < -0.3 is 10.2 Å². The van der Waals surface area contributed by atoms with Crippen LogP contribution < -0.4 is 10.2 Å². The van der Waals surface area contributed by atoms with E-state index < -0.39 is 12.5 Å². The molecule has 0 aliphatic rings. The van der Waals surface area contributed by atoms with Crippen LogP contribution in [0.25, 0.3) is 0 Å². The lowest BCUT2D eigenvalue weighted by atomic mass is 10.1. The number of alkyl halides is 2. The summed E-state index contributed by atoms with van der Waals surface area (Å²) in [6.07, 6.45) is 0.700. The topological polar surface area (TPSA) is 41.1 Å². The van der Waals surface area contributed by atoms with E-state index in [0.717, 1.165) is 5.56 Å². The Labute approximate surface area is 133 Å². The summed E-state index contributed by atoms with van der Waals surface area (Å²) in [5.41, 5.74) is 1.19. The second-order valence-electron chi connectivity index (χ2n) is 5.03. The van der Waals surface area contributed by atoms with Gasteiger partial charge in [-0.15, -0.1) is 0 Å². The summed E-state index contributed by atoms with van der Waals surface area (Å²) >= 11 is 5.86. The molecule has 0 aliphatic carbocycles. The molecule has 1 aromatic heterocycles. The molecule has 0 aliphatic heterocycles. The van der Waals surface area contributed by atoms with Crippen LogP contribution in [0.2, 0.25) is 5.02 Å². The van der Waals surface area contributed by atoms with Gasteiger partial charge in [0, 0.05) is 43.6 Å². The molecule has 7 heteroatoms. The van der Waals surface area contributed by atoms with E-state index in [4.69, 9.17) is 11.6 Å². The highest BCUT2D eigenvalue weighted by Gasteiger charge is 2.22. The number of hydrogen-bond donors (Lipinski definition) is 1. The number of benzene rings is 1. The highest BCUT2D eigenvalue weighted by atomic mass is 35.5. The van der Waals surface area contributed by atoms with Gasteiger partial charge in [-0.3, -0.25) is 0 Å². The molecular formula is C15H17ClF2N4. The van der Waals surface area contributed by atoms with E-state index in [1.165, 1.54) is 6.07 Å². The van der Waals surface area contributed by atoms with E-state index in [1.807, 2.05) is 14.1 Å². The number of nitrogens with zero attached hydrogens (tertiary/aromatic N) is 3. The largest absolute Gasteiger partial charge is 0.347 e. The lowest BCUT2D eigenvalue weighted by Crippen LogP contribution is -2.27. The maximum atomic E-state index is 13.2. The average Bonchev–Trinajstić information content (AvgIpc) is 2.47. The first-order valence-corrected chi connectivity index (χ1v) is 7.10. The summed E-state index contributed by atoms with van der Waals surface area (Å²) in [5.74, 6) is 0.573. The summed E-state index contributed by atoms with van der Waals surface area (Å²) in [5, 5.41) is 3.26. The van der Waals surface area contributed by atoms with Gasteiger partial charge in [-0.25, -0.2) is 18.7 Å². The van der Waals surface area contributed by atoms with E-state index in [2.05, 4.69) is 15.3 Å². The molecule has 2 aromatic rings. The van der Waals surface area contributed by atoms with Gasteiger partial charge in [0.1, 0.15) is 0 Å². The Morgan fingerprint density at radius 2 is 1.91 bits per heavy atom. The minimum Gasteiger partial charge on any atom is -0.347 e. The molecule has 1 atom stereocenters. The van der Waals surface area contributed by atoms with Crippen molar-refractivity contribution in [2.24, 2.45) is 0 Å². The third-order valence-electron chi connectivity index (χ3n) is 3.08. The van der Waals surface area contributed by atoms with Gasteiger partial charge >= 0.3 is 0 Å². The van der Waals surface area contributed by atoms with Crippen LogP contribution in [0.1, 0.15) is 17.2 Å². The van der Waals surface area contributed by atoms with Gasteiger partial charge in [0.2, 0.25) is 5.95 Å². The zero-order valence-corrected chi connectivity index (χ0v) is 13.1. The minimum atomic E-state index is -2.54. The Kier molecular flexibility index (Phi) is 5.63. The molecule has 4 nitrogen and oxygen atoms in total. The third-order valence-corrected chi connectivity index (χ3v) is 3.31. The van der Waals surface area contributed by atoms with Crippen LogP contribution in [0.4, 0.5) is 14.7 Å². The van der Waals surface area contributed by atoms with Crippen molar-refractivity contribution in [3.05, 3.63) is 52.8 Å². The zero-order chi connectivity index (χ0) is 16.1. The third kappa shape index (κ3) is 4.35. The molecule has 0 saturated heterocycles. The van der Waals surface area contributed by atoms with E-state index in [0.29, 0.717) is 16.5 Å². The molecule has 22 heavy (non-hydrogen) atoms. The van der Waals surface area contributed by atoms with E-state index in [1.54, 1.807) is 35.5 Å². The molecule has 0 bridgehead atoms. The summed E-state index contributed by atoms with van der Waals surface area (Å²) in [6.45, 7) is 0.245. The first kappa shape index (κ1) is 16.6. The quantitative estimate of drug-likeness (QED) is 0.884. The van der Waals surface area contributed by atoms with E-state index in [9.17, 15) is 8.78 Å². The number of hydrogen-bond acceptors (Lipinski definition) is 4. The SMILES string of the molecule is CN(C)c1ncc(CNC(c2cccc(Cl)c2)C(F)F)cn1. The van der Waals surface area contributed by atoms with Gasteiger partial charge in [-0.2, -0.15) is 0 Å². The predicted molar refractivity (Wildman–Crippen MR) is 83.4 cm³/mol. The molecule has 0 fully saturated rings. The summed E-state index contributed by atoms with van der Waals surface area (Å²) in [7, 11) is 3.67. The van der Waals surface area contributed by atoms with Crippen LogP contribution >= 0.6 is 11.6 Å². The van der Waals surface area contributed by atoms with Crippen molar-refractivity contribution in [1.82, 2.24) is 15.3 Å². The van der Waals surface area contributed by atoms with Crippen molar-refractivity contribution < 1.29 is 8.78 Å². The maximum absolute atomic E-state index is 13.2. The van der Waals surface area contributed by atoms with Crippen molar-refractivity contribution in [2.75, 3.05) is 19.0 Å². The van der Waals surface area contributed by atoms with Crippen molar-refractivity contribution in [3.8, 4) is 0 Å². The fourth-order valence-electron chi connectivity index (χ4n) is 1.95.